The Morgan fingerprint density at radius 2 is 1.89 bits per heavy atom. The molecule has 1 aromatic carbocycles. The Labute approximate surface area is 150 Å². The summed E-state index contributed by atoms with van der Waals surface area (Å²) in [6.45, 7) is 2.20. The molecule has 0 saturated heterocycles. The number of benzene rings is 1. The van der Waals surface area contributed by atoms with Crippen LogP contribution in [0.5, 0.6) is 0 Å². The van der Waals surface area contributed by atoms with E-state index in [1.54, 1.807) is 0 Å². The zero-order chi connectivity index (χ0) is 10.6. The smallest absolute Gasteiger partial charge is 1.00 e. The van der Waals surface area contributed by atoms with Crippen LogP contribution >= 0.6 is 23.4 Å². The Hall–Kier alpha value is 1.09. The van der Waals surface area contributed by atoms with Gasteiger partial charge in [-0.05, 0) is 0 Å². The second-order valence-corrected chi connectivity index (χ2v) is 6.61. The average molecular weight is 417 g/mol. The molecule has 3 rings (SSSR count). The molecule has 0 radical (unpaired) electrons. The van der Waals surface area contributed by atoms with Crippen LogP contribution in [0.3, 0.4) is 0 Å². The van der Waals surface area contributed by atoms with Crippen LogP contribution in [0.25, 0.3) is 5.57 Å². The van der Waals surface area contributed by atoms with E-state index >= 15 is 0 Å². The fraction of sp³-hybridized carbons (Fsp3) is 0.167. The molecule has 0 N–H and O–H groups in total. The van der Waals surface area contributed by atoms with Crippen molar-refractivity contribution in [3.05, 3.63) is 43.7 Å². The molecule has 1 aromatic rings. The summed E-state index contributed by atoms with van der Waals surface area (Å²) in [6, 6.07) is 6.20. The molecule has 1 unspecified atom stereocenters. The Morgan fingerprint density at radius 1 is 1.22 bits per heavy atom. The Balaban J connectivity index is 0.000000963. The first-order valence-electron chi connectivity index (χ1n) is 4.78. The molecule has 1 aliphatic carbocycles. The minimum atomic E-state index is 0. The third-order valence-electron chi connectivity index (χ3n) is 2.85. The second kappa shape index (κ2) is 7.20. The maximum atomic E-state index is 6.29. The fourth-order valence-electron chi connectivity index (χ4n) is 2.11. The van der Waals surface area contributed by atoms with E-state index in [-0.39, 0.29) is 37.2 Å². The van der Waals surface area contributed by atoms with Gasteiger partial charge in [0.2, 0.25) is 0 Å². The van der Waals surface area contributed by atoms with Gasteiger partial charge in [-0.3, -0.25) is 0 Å². The number of hydrogen-bond donors (Lipinski definition) is 0. The first-order valence-corrected chi connectivity index (χ1v) is 7.27. The number of allylic oxidation sites excluding steroid dienone is 2. The Bertz CT molecular complexity index is 525. The van der Waals surface area contributed by atoms with E-state index in [0.29, 0.717) is 5.25 Å². The molecule has 0 spiro atoms. The predicted octanol–water partition coefficient (Wildman–Crippen LogP) is -4.96. The molecule has 0 saturated carbocycles. The van der Waals surface area contributed by atoms with Gasteiger partial charge in [-0.2, -0.15) is 0 Å². The maximum absolute atomic E-state index is 6.29. The van der Waals surface area contributed by atoms with Crippen LogP contribution in [0.15, 0.2) is 38.0 Å². The molecular weight excluding hydrogens is 409 g/mol. The van der Waals surface area contributed by atoms with Crippen molar-refractivity contribution in [1.82, 2.24) is 0 Å². The van der Waals surface area contributed by atoms with Gasteiger partial charge in [0, 0.05) is 0 Å². The summed E-state index contributed by atoms with van der Waals surface area (Å²) in [6.07, 6.45) is 2.36. The SMILES string of the molecule is CC1=CC2Sc3cccc(Cl)c3C2=[C]1[Zr+3].[Cl-].[Cl-].[Cl-]. The molecule has 0 fully saturated rings. The second-order valence-electron chi connectivity index (χ2n) is 3.79. The van der Waals surface area contributed by atoms with Crippen LogP contribution in [0.1, 0.15) is 12.5 Å². The van der Waals surface area contributed by atoms with Gasteiger partial charge >= 0.3 is 114 Å². The molecule has 0 amide bonds. The van der Waals surface area contributed by atoms with Crippen LogP contribution in [0.4, 0.5) is 0 Å². The fourth-order valence-corrected chi connectivity index (χ4v) is 4.99. The summed E-state index contributed by atoms with van der Waals surface area (Å²) in [5, 5.41) is 1.43. The summed E-state index contributed by atoms with van der Waals surface area (Å²) in [5.41, 5.74) is 4.19. The van der Waals surface area contributed by atoms with Gasteiger partial charge in [-0.1, -0.05) is 0 Å². The summed E-state index contributed by atoms with van der Waals surface area (Å²) < 4.78 is 1.49. The predicted molar refractivity (Wildman–Crippen MR) is 61.8 cm³/mol. The van der Waals surface area contributed by atoms with E-state index < -0.39 is 0 Å². The van der Waals surface area contributed by atoms with Gasteiger partial charge in [-0.15, -0.1) is 0 Å². The summed E-state index contributed by atoms with van der Waals surface area (Å²) >= 11 is 9.71. The van der Waals surface area contributed by atoms with Crippen molar-refractivity contribution in [2.24, 2.45) is 0 Å². The van der Waals surface area contributed by atoms with E-state index in [9.17, 15) is 0 Å². The Kier molecular flexibility index (Phi) is 7.64. The normalized spacial score (nSPS) is 19.1. The molecule has 0 aromatic heterocycles. The van der Waals surface area contributed by atoms with Crippen LogP contribution in [0, 0.1) is 0 Å². The van der Waals surface area contributed by atoms with Crippen molar-refractivity contribution in [2.45, 2.75) is 17.1 Å². The quantitative estimate of drug-likeness (QED) is 0.408. The number of fused-ring (bicyclic) bond motifs is 3. The van der Waals surface area contributed by atoms with Crippen LogP contribution in [-0.2, 0) is 24.7 Å². The number of rotatable bonds is 0. The van der Waals surface area contributed by atoms with Crippen LogP contribution in [0.2, 0.25) is 5.02 Å². The molecule has 0 nitrogen and oxygen atoms in total. The van der Waals surface area contributed by atoms with E-state index in [1.807, 2.05) is 23.9 Å². The first kappa shape index (κ1) is 19.1. The zero-order valence-electron chi connectivity index (χ0n) is 9.31. The molecular formula is C12H8Cl4SZr. The first-order chi connectivity index (χ1) is 7.18. The molecule has 1 atom stereocenters. The molecule has 0 bridgehead atoms. The summed E-state index contributed by atoms with van der Waals surface area (Å²) in [5.74, 6) is 0. The summed E-state index contributed by atoms with van der Waals surface area (Å²) in [7, 11) is 0. The molecule has 1 aliphatic heterocycles. The molecule has 94 valence electrons. The van der Waals surface area contributed by atoms with Crippen LogP contribution < -0.4 is 37.2 Å². The zero-order valence-corrected chi connectivity index (χ0v) is 15.6. The number of thioether (sulfide) groups is 1. The van der Waals surface area contributed by atoms with E-state index in [1.165, 1.54) is 49.6 Å². The van der Waals surface area contributed by atoms with Gasteiger partial charge in [0.1, 0.15) is 0 Å². The van der Waals surface area contributed by atoms with Crippen molar-refractivity contribution in [3.63, 3.8) is 0 Å². The van der Waals surface area contributed by atoms with E-state index in [0.717, 1.165) is 5.02 Å². The van der Waals surface area contributed by atoms with Crippen molar-refractivity contribution in [2.75, 3.05) is 0 Å². The van der Waals surface area contributed by atoms with E-state index in [2.05, 4.69) is 19.1 Å². The van der Waals surface area contributed by atoms with Crippen molar-refractivity contribution in [1.29, 1.82) is 0 Å². The molecule has 1 heterocycles. The Morgan fingerprint density at radius 3 is 2.56 bits per heavy atom. The molecule has 2 aliphatic rings. The number of halogens is 4. The van der Waals surface area contributed by atoms with Crippen molar-refractivity contribution < 1.29 is 61.9 Å². The van der Waals surface area contributed by atoms with Gasteiger partial charge in [0.25, 0.3) is 0 Å². The van der Waals surface area contributed by atoms with Gasteiger partial charge < -0.3 is 37.2 Å². The maximum Gasteiger partial charge on any atom is -1.00 e. The monoisotopic (exact) mass is 414 g/mol. The van der Waals surface area contributed by atoms with Crippen LogP contribution in [-0.4, -0.2) is 5.25 Å². The third kappa shape index (κ3) is 2.90. The third-order valence-corrected chi connectivity index (χ3v) is 6.01. The molecule has 6 heteroatoms. The minimum absolute atomic E-state index is 0. The van der Waals surface area contributed by atoms with Gasteiger partial charge in [0.05, 0.1) is 0 Å². The molecule has 18 heavy (non-hydrogen) atoms. The van der Waals surface area contributed by atoms with Crippen molar-refractivity contribution >= 4 is 28.9 Å². The van der Waals surface area contributed by atoms with E-state index in [4.69, 9.17) is 11.6 Å². The van der Waals surface area contributed by atoms with Gasteiger partial charge in [0.15, 0.2) is 0 Å². The topological polar surface area (TPSA) is 0 Å². The summed E-state index contributed by atoms with van der Waals surface area (Å²) in [4.78, 5) is 1.34. The van der Waals surface area contributed by atoms with Gasteiger partial charge in [-0.25, -0.2) is 0 Å². The standard InChI is InChI=1S/C12H8ClS.3ClH.Zr/c1-7-5-8-11(6-7)14-10-4-2-3-9(13)12(8)10;;;;/h2-4,6,11H,1H3;3*1H;/q;;;;+3/p-3. The number of hydrogen-bond acceptors (Lipinski definition) is 1. The average Bonchev–Trinajstić information content (AvgIpc) is 2.66. The minimum Gasteiger partial charge on any atom is -1.00 e. The van der Waals surface area contributed by atoms with Crippen molar-refractivity contribution in [3.8, 4) is 0 Å². The largest absolute Gasteiger partial charge is 1.00 e.